The zero-order valence-corrected chi connectivity index (χ0v) is 10.9. The number of hydrogen-bond acceptors (Lipinski definition) is 4. The third kappa shape index (κ3) is 2.15. The van der Waals surface area contributed by atoms with E-state index in [-0.39, 0.29) is 11.9 Å². The minimum atomic E-state index is -0.115. The number of thiazole rings is 1. The van der Waals surface area contributed by atoms with Crippen LogP contribution >= 0.6 is 11.3 Å². The Morgan fingerprint density at radius 3 is 2.94 bits per heavy atom. The lowest BCUT2D eigenvalue weighted by Gasteiger charge is -2.17. The molecule has 2 heterocycles. The number of rotatable bonds is 4. The van der Waals surface area contributed by atoms with Crippen LogP contribution in [-0.2, 0) is 7.05 Å². The first-order valence-corrected chi connectivity index (χ1v) is 6.86. The number of amides is 1. The molecule has 0 bridgehead atoms. The van der Waals surface area contributed by atoms with Crippen molar-refractivity contribution in [3.8, 4) is 0 Å². The van der Waals surface area contributed by atoms with Crippen LogP contribution in [0.25, 0.3) is 0 Å². The van der Waals surface area contributed by atoms with Gasteiger partial charge >= 0.3 is 0 Å². The first kappa shape index (κ1) is 11.4. The third-order valence-electron chi connectivity index (χ3n) is 3.18. The average molecular weight is 262 g/mol. The number of carbonyl (C=O) groups excluding carboxylic acids is 1. The number of aryl methyl sites for hydroxylation is 1. The summed E-state index contributed by atoms with van der Waals surface area (Å²) in [4.78, 5) is 20.4. The van der Waals surface area contributed by atoms with Crippen LogP contribution in [0, 0.1) is 5.92 Å². The van der Waals surface area contributed by atoms with Crippen molar-refractivity contribution in [3.63, 3.8) is 0 Å². The standard InChI is InChI=1S/C12H14N4OS/c1-16-5-4-13-11(16)10(8-2-3-8)15-12(17)9-6-18-7-14-9/h4-8,10H,2-3H2,1H3,(H,15,17)/t10-/m1/s1. The Bertz CT molecular complexity index is 544. The third-order valence-corrected chi connectivity index (χ3v) is 3.77. The Kier molecular flexibility index (Phi) is 2.87. The van der Waals surface area contributed by atoms with Crippen LogP contribution < -0.4 is 5.32 Å². The highest BCUT2D eigenvalue weighted by molar-refractivity contribution is 7.07. The highest BCUT2D eigenvalue weighted by atomic mass is 32.1. The Morgan fingerprint density at radius 2 is 2.39 bits per heavy atom. The number of nitrogens with one attached hydrogen (secondary N) is 1. The van der Waals surface area contributed by atoms with Gasteiger partial charge in [-0.2, -0.15) is 0 Å². The van der Waals surface area contributed by atoms with Gasteiger partial charge in [0, 0.05) is 24.8 Å². The molecule has 2 aromatic rings. The van der Waals surface area contributed by atoms with Crippen molar-refractivity contribution in [2.75, 3.05) is 0 Å². The summed E-state index contributed by atoms with van der Waals surface area (Å²) in [5, 5.41) is 4.81. The maximum absolute atomic E-state index is 12.1. The van der Waals surface area contributed by atoms with E-state index in [4.69, 9.17) is 0 Å². The average Bonchev–Trinajstić information content (AvgIpc) is 2.88. The van der Waals surface area contributed by atoms with Crippen molar-refractivity contribution >= 4 is 17.2 Å². The lowest BCUT2D eigenvalue weighted by atomic mass is 10.1. The number of nitrogens with zero attached hydrogens (tertiary/aromatic N) is 3. The van der Waals surface area contributed by atoms with E-state index in [9.17, 15) is 4.79 Å². The number of aromatic nitrogens is 3. The fourth-order valence-corrected chi connectivity index (χ4v) is 2.57. The summed E-state index contributed by atoms with van der Waals surface area (Å²) in [6.45, 7) is 0. The summed E-state index contributed by atoms with van der Waals surface area (Å²) in [7, 11) is 1.95. The summed E-state index contributed by atoms with van der Waals surface area (Å²) in [5.41, 5.74) is 2.15. The lowest BCUT2D eigenvalue weighted by Crippen LogP contribution is -2.31. The van der Waals surface area contributed by atoms with Crippen LogP contribution in [0.4, 0.5) is 0 Å². The first-order valence-electron chi connectivity index (χ1n) is 5.92. The molecule has 3 rings (SSSR count). The van der Waals surface area contributed by atoms with Crippen molar-refractivity contribution in [1.29, 1.82) is 0 Å². The normalized spacial score (nSPS) is 16.5. The second kappa shape index (κ2) is 4.53. The van der Waals surface area contributed by atoms with E-state index >= 15 is 0 Å². The molecule has 1 aliphatic carbocycles. The van der Waals surface area contributed by atoms with Gasteiger partial charge in [-0.1, -0.05) is 0 Å². The quantitative estimate of drug-likeness (QED) is 0.913. The van der Waals surface area contributed by atoms with Crippen LogP contribution in [0.5, 0.6) is 0 Å². The topological polar surface area (TPSA) is 59.8 Å². The molecule has 1 atom stereocenters. The molecule has 94 valence electrons. The lowest BCUT2D eigenvalue weighted by molar-refractivity contribution is 0.0924. The van der Waals surface area contributed by atoms with Crippen LogP contribution in [0.15, 0.2) is 23.3 Å². The summed E-state index contributed by atoms with van der Waals surface area (Å²) >= 11 is 1.43. The molecule has 0 unspecified atom stereocenters. The van der Waals surface area contributed by atoms with Crippen LogP contribution in [-0.4, -0.2) is 20.4 Å². The van der Waals surface area contributed by atoms with E-state index < -0.39 is 0 Å². The van der Waals surface area contributed by atoms with Gasteiger partial charge in [0.1, 0.15) is 11.5 Å². The van der Waals surface area contributed by atoms with Gasteiger partial charge in [-0.25, -0.2) is 9.97 Å². The minimum absolute atomic E-state index is 0.000741. The molecule has 18 heavy (non-hydrogen) atoms. The largest absolute Gasteiger partial charge is 0.340 e. The Hall–Kier alpha value is -1.69. The highest BCUT2D eigenvalue weighted by Crippen LogP contribution is 2.40. The molecule has 0 saturated heterocycles. The Labute approximate surface area is 109 Å². The highest BCUT2D eigenvalue weighted by Gasteiger charge is 2.36. The Morgan fingerprint density at radius 1 is 1.56 bits per heavy atom. The molecule has 0 aromatic carbocycles. The van der Waals surface area contributed by atoms with Gasteiger partial charge in [-0.05, 0) is 18.8 Å². The molecule has 0 radical (unpaired) electrons. The van der Waals surface area contributed by atoms with Gasteiger partial charge in [0.05, 0.1) is 11.6 Å². The van der Waals surface area contributed by atoms with Gasteiger partial charge in [0.15, 0.2) is 0 Å². The first-order chi connectivity index (χ1) is 8.75. The molecule has 2 aromatic heterocycles. The molecule has 1 amide bonds. The fourth-order valence-electron chi connectivity index (χ4n) is 2.04. The van der Waals surface area contributed by atoms with Crippen LogP contribution in [0.1, 0.15) is 35.2 Å². The summed E-state index contributed by atoms with van der Waals surface area (Å²) in [5.74, 6) is 1.31. The van der Waals surface area contributed by atoms with Gasteiger partial charge in [0.25, 0.3) is 5.91 Å². The fraction of sp³-hybridized carbons (Fsp3) is 0.417. The van der Waals surface area contributed by atoms with Crippen LogP contribution in [0.3, 0.4) is 0 Å². The van der Waals surface area contributed by atoms with Crippen molar-refractivity contribution < 1.29 is 4.79 Å². The molecular weight excluding hydrogens is 248 g/mol. The molecular formula is C12H14N4OS. The summed E-state index contributed by atoms with van der Waals surface area (Å²) < 4.78 is 1.96. The summed E-state index contributed by atoms with van der Waals surface area (Å²) in [6, 6.07) is -0.000741. The summed E-state index contributed by atoms with van der Waals surface area (Å²) in [6.07, 6.45) is 5.96. The molecule has 0 aliphatic heterocycles. The maximum atomic E-state index is 12.1. The number of imidazole rings is 1. The molecule has 1 N–H and O–H groups in total. The van der Waals surface area contributed by atoms with Gasteiger partial charge in [-0.3, -0.25) is 4.79 Å². The molecule has 5 nitrogen and oxygen atoms in total. The maximum Gasteiger partial charge on any atom is 0.271 e. The smallest absolute Gasteiger partial charge is 0.271 e. The minimum Gasteiger partial charge on any atom is -0.340 e. The van der Waals surface area contributed by atoms with E-state index in [2.05, 4.69) is 15.3 Å². The number of hydrogen-bond donors (Lipinski definition) is 1. The van der Waals surface area contributed by atoms with E-state index in [0.717, 1.165) is 18.7 Å². The number of carbonyl (C=O) groups is 1. The van der Waals surface area contributed by atoms with Crippen LogP contribution in [0.2, 0.25) is 0 Å². The molecule has 1 fully saturated rings. The predicted octanol–water partition coefficient (Wildman–Crippen LogP) is 1.76. The van der Waals surface area contributed by atoms with Gasteiger partial charge in [-0.15, -0.1) is 11.3 Å². The SMILES string of the molecule is Cn1ccnc1[C@H](NC(=O)c1cscn1)C1CC1. The van der Waals surface area contributed by atoms with Crippen molar-refractivity contribution in [2.24, 2.45) is 13.0 Å². The second-order valence-corrected chi connectivity index (χ2v) is 5.28. The van der Waals surface area contributed by atoms with Crippen molar-refractivity contribution in [1.82, 2.24) is 19.9 Å². The predicted molar refractivity (Wildman–Crippen MR) is 68.3 cm³/mol. The van der Waals surface area contributed by atoms with E-state index in [0.29, 0.717) is 11.6 Å². The van der Waals surface area contributed by atoms with Gasteiger partial charge < -0.3 is 9.88 Å². The molecule has 1 saturated carbocycles. The molecule has 6 heteroatoms. The zero-order valence-electron chi connectivity index (χ0n) is 10.0. The monoisotopic (exact) mass is 262 g/mol. The van der Waals surface area contributed by atoms with Crippen molar-refractivity contribution in [2.45, 2.75) is 18.9 Å². The molecule has 0 spiro atoms. The Balaban J connectivity index is 1.79. The van der Waals surface area contributed by atoms with E-state index in [1.807, 2.05) is 17.8 Å². The van der Waals surface area contributed by atoms with Gasteiger partial charge in [0.2, 0.25) is 0 Å². The van der Waals surface area contributed by atoms with E-state index in [1.165, 1.54) is 11.3 Å². The molecule has 1 aliphatic rings. The van der Waals surface area contributed by atoms with E-state index in [1.54, 1.807) is 17.1 Å². The second-order valence-electron chi connectivity index (χ2n) is 4.56. The zero-order chi connectivity index (χ0) is 12.5. The van der Waals surface area contributed by atoms with Crippen molar-refractivity contribution in [3.05, 3.63) is 34.8 Å².